The Labute approximate surface area is 175 Å². The number of anilines is 2. The van der Waals surface area contributed by atoms with Crippen molar-refractivity contribution < 1.29 is 0 Å². The van der Waals surface area contributed by atoms with Crippen LogP contribution < -0.4 is 15.4 Å². The van der Waals surface area contributed by atoms with E-state index in [1.54, 1.807) is 10.8 Å². The van der Waals surface area contributed by atoms with Crippen LogP contribution in [0.15, 0.2) is 83.9 Å². The molecule has 0 amide bonds. The van der Waals surface area contributed by atoms with E-state index in [1.165, 1.54) is 5.69 Å². The fraction of sp³-hybridized carbons (Fsp3) is 0.208. The predicted molar refractivity (Wildman–Crippen MR) is 120 cm³/mol. The van der Waals surface area contributed by atoms with Gasteiger partial charge in [-0.25, -0.2) is 9.97 Å². The molecule has 0 bridgehead atoms. The first-order valence-electron chi connectivity index (χ1n) is 10.2. The first kappa shape index (κ1) is 18.4. The lowest BCUT2D eigenvalue weighted by atomic mass is 10.2. The second-order valence-corrected chi connectivity index (χ2v) is 7.51. The molecule has 5 rings (SSSR count). The first-order chi connectivity index (χ1) is 14.8. The molecule has 3 heterocycles. The zero-order valence-electron chi connectivity index (χ0n) is 16.7. The normalized spacial score (nSPS) is 14.3. The smallest absolute Gasteiger partial charge is 0.261 e. The molecule has 0 radical (unpaired) electrons. The highest BCUT2D eigenvalue weighted by Gasteiger charge is 2.19. The van der Waals surface area contributed by atoms with E-state index in [4.69, 9.17) is 0 Å². The van der Waals surface area contributed by atoms with Gasteiger partial charge in [-0.1, -0.05) is 48.5 Å². The molecular weight excluding hydrogens is 374 g/mol. The Hall–Kier alpha value is -3.67. The number of piperazine rings is 1. The van der Waals surface area contributed by atoms with Crippen molar-refractivity contribution in [2.75, 3.05) is 36.0 Å². The zero-order chi connectivity index (χ0) is 20.3. The number of rotatable bonds is 4. The summed E-state index contributed by atoms with van der Waals surface area (Å²) in [7, 11) is 0. The molecule has 1 saturated heterocycles. The summed E-state index contributed by atoms with van der Waals surface area (Å²) in [6, 6.07) is 22.3. The summed E-state index contributed by atoms with van der Waals surface area (Å²) in [5.74, 6) is 0.690. The highest BCUT2D eigenvalue weighted by Crippen LogP contribution is 2.19. The Kier molecular flexibility index (Phi) is 4.89. The largest absolute Gasteiger partial charge is 0.368 e. The predicted octanol–water partition coefficient (Wildman–Crippen LogP) is 3.17. The van der Waals surface area contributed by atoms with E-state index in [2.05, 4.69) is 44.0 Å². The highest BCUT2D eigenvalue weighted by molar-refractivity contribution is 5.77. The minimum Gasteiger partial charge on any atom is -0.368 e. The second-order valence-electron chi connectivity index (χ2n) is 7.51. The van der Waals surface area contributed by atoms with E-state index >= 15 is 0 Å². The standard InChI is InChI=1S/C24H23N5O/c30-23-21-17-25-24(28-15-13-27(14-16-28)20-9-5-2-6-10-20)26-22(21)11-12-29(23)18-19-7-3-1-4-8-19/h1-12,17H,13-16,18H2. The molecular formula is C24H23N5O. The summed E-state index contributed by atoms with van der Waals surface area (Å²) in [6.07, 6.45) is 3.49. The maximum atomic E-state index is 12.9. The minimum atomic E-state index is -0.0585. The van der Waals surface area contributed by atoms with Crippen LogP contribution in [0.4, 0.5) is 11.6 Å². The third kappa shape index (κ3) is 3.64. The number of fused-ring (bicyclic) bond motifs is 1. The number of aromatic nitrogens is 3. The van der Waals surface area contributed by atoms with Crippen molar-refractivity contribution in [2.24, 2.45) is 0 Å². The van der Waals surface area contributed by atoms with E-state index in [0.29, 0.717) is 23.4 Å². The van der Waals surface area contributed by atoms with Crippen LogP contribution in [0.25, 0.3) is 10.9 Å². The molecule has 6 nitrogen and oxygen atoms in total. The fourth-order valence-electron chi connectivity index (χ4n) is 3.92. The monoisotopic (exact) mass is 397 g/mol. The van der Waals surface area contributed by atoms with Gasteiger partial charge in [0.2, 0.25) is 5.95 Å². The van der Waals surface area contributed by atoms with E-state index in [1.807, 2.05) is 48.7 Å². The van der Waals surface area contributed by atoms with Gasteiger partial charge in [0.25, 0.3) is 5.56 Å². The number of hydrogen-bond donors (Lipinski definition) is 0. The maximum absolute atomic E-state index is 12.9. The summed E-state index contributed by atoms with van der Waals surface area (Å²) in [5, 5.41) is 0.556. The van der Waals surface area contributed by atoms with Crippen LogP contribution in [0.5, 0.6) is 0 Å². The SMILES string of the molecule is O=c1c2cnc(N3CCN(c4ccccc4)CC3)nc2ccn1Cc1ccccc1. The van der Waals surface area contributed by atoms with Gasteiger partial charge < -0.3 is 14.4 Å². The topological polar surface area (TPSA) is 54.3 Å². The molecule has 30 heavy (non-hydrogen) atoms. The molecule has 2 aromatic heterocycles. The minimum absolute atomic E-state index is 0.0585. The Morgan fingerprint density at radius 3 is 2.20 bits per heavy atom. The van der Waals surface area contributed by atoms with Crippen LogP contribution in [0.3, 0.4) is 0 Å². The van der Waals surface area contributed by atoms with Crippen molar-refractivity contribution in [3.63, 3.8) is 0 Å². The van der Waals surface area contributed by atoms with Gasteiger partial charge in [0.15, 0.2) is 0 Å². The molecule has 0 atom stereocenters. The van der Waals surface area contributed by atoms with Gasteiger partial charge in [-0.05, 0) is 23.8 Å². The van der Waals surface area contributed by atoms with Crippen LogP contribution >= 0.6 is 0 Å². The van der Waals surface area contributed by atoms with E-state index in [0.717, 1.165) is 31.7 Å². The van der Waals surface area contributed by atoms with Gasteiger partial charge in [0.05, 0.1) is 17.4 Å². The summed E-state index contributed by atoms with van der Waals surface area (Å²) in [6.45, 7) is 4.09. The highest BCUT2D eigenvalue weighted by atomic mass is 16.1. The number of nitrogens with zero attached hydrogens (tertiary/aromatic N) is 5. The molecule has 1 fully saturated rings. The van der Waals surface area contributed by atoms with Gasteiger partial charge in [0.1, 0.15) is 0 Å². The van der Waals surface area contributed by atoms with Crippen LogP contribution in [0.1, 0.15) is 5.56 Å². The van der Waals surface area contributed by atoms with E-state index in [-0.39, 0.29) is 5.56 Å². The summed E-state index contributed by atoms with van der Waals surface area (Å²) in [5.41, 5.74) is 2.97. The van der Waals surface area contributed by atoms with Gasteiger partial charge in [-0.2, -0.15) is 0 Å². The quantitative estimate of drug-likeness (QED) is 0.529. The molecule has 150 valence electrons. The zero-order valence-corrected chi connectivity index (χ0v) is 16.7. The lowest BCUT2D eigenvalue weighted by Crippen LogP contribution is -2.47. The van der Waals surface area contributed by atoms with Gasteiger partial charge >= 0.3 is 0 Å². The second kappa shape index (κ2) is 7.99. The lowest BCUT2D eigenvalue weighted by molar-refractivity contribution is 0.641. The molecule has 1 aliphatic rings. The van der Waals surface area contributed by atoms with Crippen LogP contribution in [0.2, 0.25) is 0 Å². The van der Waals surface area contributed by atoms with Gasteiger partial charge in [-0.15, -0.1) is 0 Å². The molecule has 2 aromatic carbocycles. The van der Waals surface area contributed by atoms with Gasteiger partial charge in [0, 0.05) is 44.3 Å². The van der Waals surface area contributed by atoms with Crippen molar-refractivity contribution in [3.05, 3.63) is 95.0 Å². The van der Waals surface area contributed by atoms with E-state index < -0.39 is 0 Å². The van der Waals surface area contributed by atoms with Crippen molar-refractivity contribution in [1.29, 1.82) is 0 Å². The molecule has 1 aliphatic heterocycles. The van der Waals surface area contributed by atoms with E-state index in [9.17, 15) is 4.79 Å². The summed E-state index contributed by atoms with van der Waals surface area (Å²) < 4.78 is 1.71. The van der Waals surface area contributed by atoms with Crippen LogP contribution in [-0.4, -0.2) is 40.7 Å². The summed E-state index contributed by atoms with van der Waals surface area (Å²) in [4.78, 5) is 26.7. The van der Waals surface area contributed by atoms with Gasteiger partial charge in [-0.3, -0.25) is 4.79 Å². The van der Waals surface area contributed by atoms with Crippen LogP contribution in [0, 0.1) is 0 Å². The Balaban J connectivity index is 1.34. The molecule has 4 aromatic rings. The fourth-order valence-corrected chi connectivity index (χ4v) is 3.92. The maximum Gasteiger partial charge on any atom is 0.261 e. The molecule has 0 N–H and O–H groups in total. The van der Waals surface area contributed by atoms with Crippen molar-refractivity contribution in [1.82, 2.24) is 14.5 Å². The average molecular weight is 397 g/mol. The molecule has 0 unspecified atom stereocenters. The molecule has 6 heteroatoms. The third-order valence-electron chi connectivity index (χ3n) is 5.59. The lowest BCUT2D eigenvalue weighted by Gasteiger charge is -2.36. The molecule has 0 saturated carbocycles. The Morgan fingerprint density at radius 1 is 0.800 bits per heavy atom. The Morgan fingerprint density at radius 2 is 1.47 bits per heavy atom. The van der Waals surface area contributed by atoms with Crippen molar-refractivity contribution >= 4 is 22.5 Å². The number of pyridine rings is 1. The van der Waals surface area contributed by atoms with Crippen molar-refractivity contribution in [3.8, 4) is 0 Å². The Bertz CT molecular complexity index is 1200. The molecule has 0 aliphatic carbocycles. The first-order valence-corrected chi connectivity index (χ1v) is 10.2. The third-order valence-corrected chi connectivity index (χ3v) is 5.59. The van der Waals surface area contributed by atoms with Crippen LogP contribution in [-0.2, 0) is 6.54 Å². The average Bonchev–Trinajstić information content (AvgIpc) is 2.82. The van der Waals surface area contributed by atoms with Crippen molar-refractivity contribution in [2.45, 2.75) is 6.54 Å². The number of benzene rings is 2. The number of hydrogen-bond acceptors (Lipinski definition) is 5. The summed E-state index contributed by atoms with van der Waals surface area (Å²) >= 11 is 0. The molecule has 0 spiro atoms. The number of para-hydroxylation sites is 1.